The lowest BCUT2D eigenvalue weighted by atomic mass is 9.59. The Bertz CT molecular complexity index is 831. The molecule has 0 N–H and O–H groups in total. The smallest absolute Gasteiger partial charge is 0.469 e. The maximum atomic E-state index is 12.9. The van der Waals surface area contributed by atoms with Crippen molar-refractivity contribution in [3.05, 3.63) is 29.8 Å². The van der Waals surface area contributed by atoms with Gasteiger partial charge in [-0.3, -0.25) is 4.79 Å². The average Bonchev–Trinajstić information content (AvgIpc) is 3.03. The number of rotatable bonds is 3. The fourth-order valence-electron chi connectivity index (χ4n) is 7.04. The zero-order valence-corrected chi connectivity index (χ0v) is 19.1. The van der Waals surface area contributed by atoms with Gasteiger partial charge in [-0.15, -0.1) is 0 Å². The molecule has 0 radical (unpaired) electrons. The summed E-state index contributed by atoms with van der Waals surface area (Å²) in [6.45, 7) is 8.36. The molecule has 1 aromatic rings. The Morgan fingerprint density at radius 3 is 2.27 bits per heavy atom. The average molecular weight is 410 g/mol. The lowest BCUT2D eigenvalue weighted by Gasteiger charge is -2.45. The molecule has 0 amide bonds. The van der Waals surface area contributed by atoms with Crippen molar-refractivity contribution in [3.63, 3.8) is 0 Å². The predicted molar refractivity (Wildman–Crippen MR) is 118 cm³/mol. The van der Waals surface area contributed by atoms with Crippen molar-refractivity contribution in [2.24, 2.45) is 17.3 Å². The molecule has 1 aromatic carbocycles. The molecule has 4 nitrogen and oxygen atoms in total. The number of hydrogen-bond acceptors (Lipinski definition) is 4. The third kappa shape index (κ3) is 2.91. The first-order chi connectivity index (χ1) is 14.1. The number of carbonyl (C=O) groups is 1. The monoisotopic (exact) mass is 410 g/mol. The van der Waals surface area contributed by atoms with Gasteiger partial charge < -0.3 is 14.0 Å². The van der Waals surface area contributed by atoms with Crippen LogP contribution in [-0.4, -0.2) is 31.4 Å². The van der Waals surface area contributed by atoms with Crippen LogP contribution in [0.1, 0.15) is 78.2 Å². The third-order valence-corrected chi connectivity index (χ3v) is 9.20. The van der Waals surface area contributed by atoms with Crippen molar-refractivity contribution in [3.8, 4) is 0 Å². The normalized spacial score (nSPS) is 38.5. The van der Waals surface area contributed by atoms with Crippen LogP contribution in [-0.2, 0) is 24.3 Å². The van der Waals surface area contributed by atoms with Crippen LogP contribution >= 0.6 is 0 Å². The van der Waals surface area contributed by atoms with Gasteiger partial charge in [-0.25, -0.2) is 0 Å². The molecule has 3 bridgehead atoms. The summed E-state index contributed by atoms with van der Waals surface area (Å²) in [4.78, 5) is 12.9. The van der Waals surface area contributed by atoms with Gasteiger partial charge in [0.05, 0.1) is 23.7 Å². The van der Waals surface area contributed by atoms with Gasteiger partial charge in [0, 0.05) is 0 Å². The Morgan fingerprint density at radius 2 is 1.63 bits per heavy atom. The summed E-state index contributed by atoms with van der Waals surface area (Å²) in [5, 5.41) is 0. The fraction of sp³-hybridized carbons (Fsp3) is 0.720. The van der Waals surface area contributed by atoms with Gasteiger partial charge in [0.25, 0.3) is 0 Å². The molecule has 0 aromatic heterocycles. The number of ether oxygens (including phenoxy) is 1. The van der Waals surface area contributed by atoms with Gasteiger partial charge in [0.2, 0.25) is 0 Å². The summed E-state index contributed by atoms with van der Waals surface area (Å²) in [5.41, 5.74) is 1.61. The van der Waals surface area contributed by atoms with Crippen LogP contribution < -0.4 is 5.46 Å². The summed E-state index contributed by atoms with van der Waals surface area (Å²) >= 11 is 0. The highest BCUT2D eigenvalue weighted by atomic mass is 16.7. The highest BCUT2D eigenvalue weighted by Gasteiger charge is 2.60. The molecule has 5 rings (SSSR count). The van der Waals surface area contributed by atoms with E-state index in [-0.39, 0.29) is 35.1 Å². The van der Waals surface area contributed by atoms with E-state index in [1.165, 1.54) is 24.8 Å². The Kier molecular flexibility index (Phi) is 4.52. The van der Waals surface area contributed by atoms with Crippen LogP contribution in [0.5, 0.6) is 0 Å². The minimum absolute atomic E-state index is 0.0213. The zero-order valence-electron chi connectivity index (χ0n) is 19.1. The van der Waals surface area contributed by atoms with Crippen molar-refractivity contribution in [2.45, 2.75) is 89.3 Å². The summed E-state index contributed by atoms with van der Waals surface area (Å²) in [5.74, 6) is 1.43. The van der Waals surface area contributed by atoms with Gasteiger partial charge in [0.15, 0.2) is 0 Å². The molecule has 4 fully saturated rings. The van der Waals surface area contributed by atoms with E-state index >= 15 is 0 Å². The standard InChI is InChI=1S/C25H35BO4/c1-22(2)23(3,4)30-26(29-22)20-10-8-19(9-11-20)25-13-17-7-6-12-24(16-25,21(27)28-5)14-18(17)15-25/h8-11,17-18H,6-7,12-16H2,1-5H3. The molecule has 162 valence electrons. The van der Waals surface area contributed by atoms with Crippen LogP contribution in [0, 0.1) is 17.3 Å². The second-order valence-corrected chi connectivity index (χ2v) is 11.5. The molecule has 5 heteroatoms. The maximum Gasteiger partial charge on any atom is 0.494 e. The first-order valence-electron chi connectivity index (χ1n) is 11.6. The highest BCUT2D eigenvalue weighted by molar-refractivity contribution is 6.62. The summed E-state index contributed by atoms with van der Waals surface area (Å²) in [7, 11) is 1.23. The quantitative estimate of drug-likeness (QED) is 0.548. The van der Waals surface area contributed by atoms with E-state index in [0.717, 1.165) is 37.1 Å². The van der Waals surface area contributed by atoms with Crippen molar-refractivity contribution in [1.82, 2.24) is 0 Å². The van der Waals surface area contributed by atoms with Gasteiger partial charge >= 0.3 is 13.1 Å². The van der Waals surface area contributed by atoms with Crippen molar-refractivity contribution < 1.29 is 18.8 Å². The topological polar surface area (TPSA) is 44.8 Å². The SMILES string of the molecule is COC(=O)C12CCCC3CC(c4ccc(B5OC(C)(C)C(C)(C)O5)cc4)(CC3C1)C2. The van der Waals surface area contributed by atoms with Crippen LogP contribution in [0.3, 0.4) is 0 Å². The molecule has 3 saturated carbocycles. The minimum atomic E-state index is -0.332. The van der Waals surface area contributed by atoms with Gasteiger partial charge in [-0.05, 0) is 88.1 Å². The third-order valence-electron chi connectivity index (χ3n) is 9.20. The van der Waals surface area contributed by atoms with Crippen LogP contribution in [0.4, 0.5) is 0 Å². The molecule has 4 atom stereocenters. The Labute approximate surface area is 181 Å². The molecule has 4 aliphatic rings. The fourth-order valence-corrected chi connectivity index (χ4v) is 7.04. The van der Waals surface area contributed by atoms with Gasteiger partial charge in [0.1, 0.15) is 0 Å². The van der Waals surface area contributed by atoms with E-state index < -0.39 is 0 Å². The van der Waals surface area contributed by atoms with Gasteiger partial charge in [-0.1, -0.05) is 37.1 Å². The molecular weight excluding hydrogens is 375 g/mol. The molecule has 1 saturated heterocycles. The molecule has 30 heavy (non-hydrogen) atoms. The lowest BCUT2D eigenvalue weighted by molar-refractivity contribution is -0.157. The molecule has 1 heterocycles. The second kappa shape index (κ2) is 6.59. The summed E-state index contributed by atoms with van der Waals surface area (Å²) < 4.78 is 17.8. The Balaban J connectivity index is 1.44. The number of hydrogen-bond donors (Lipinski definition) is 0. The largest absolute Gasteiger partial charge is 0.494 e. The molecule has 0 spiro atoms. The predicted octanol–water partition coefficient (Wildman–Crippen LogP) is 4.39. The Morgan fingerprint density at radius 1 is 1.00 bits per heavy atom. The molecule has 1 aliphatic heterocycles. The van der Waals surface area contributed by atoms with E-state index in [2.05, 4.69) is 52.0 Å². The first kappa shape index (κ1) is 20.6. The molecule has 4 unspecified atom stereocenters. The maximum absolute atomic E-state index is 12.9. The number of benzene rings is 1. The number of methoxy groups -OCH3 is 1. The summed E-state index contributed by atoms with van der Waals surface area (Å²) in [6, 6.07) is 8.90. The first-order valence-corrected chi connectivity index (χ1v) is 11.6. The van der Waals surface area contributed by atoms with E-state index in [1.807, 2.05) is 0 Å². The van der Waals surface area contributed by atoms with E-state index in [1.54, 1.807) is 7.11 Å². The Hall–Kier alpha value is -1.33. The van der Waals surface area contributed by atoms with Crippen molar-refractivity contribution in [1.29, 1.82) is 0 Å². The molecular formula is C25H35BO4. The lowest BCUT2D eigenvalue weighted by Crippen LogP contribution is -2.44. The van der Waals surface area contributed by atoms with E-state index in [0.29, 0.717) is 5.92 Å². The summed E-state index contributed by atoms with van der Waals surface area (Å²) in [6.07, 6.45) is 7.80. The van der Waals surface area contributed by atoms with Crippen LogP contribution in [0.15, 0.2) is 24.3 Å². The van der Waals surface area contributed by atoms with E-state index in [4.69, 9.17) is 14.0 Å². The minimum Gasteiger partial charge on any atom is -0.469 e. The van der Waals surface area contributed by atoms with Crippen LogP contribution in [0.2, 0.25) is 0 Å². The van der Waals surface area contributed by atoms with E-state index in [9.17, 15) is 4.79 Å². The zero-order chi connectivity index (χ0) is 21.4. The van der Waals surface area contributed by atoms with Gasteiger partial charge in [-0.2, -0.15) is 0 Å². The van der Waals surface area contributed by atoms with Crippen molar-refractivity contribution in [2.75, 3.05) is 7.11 Å². The molecule has 3 aliphatic carbocycles. The number of esters is 1. The van der Waals surface area contributed by atoms with Crippen LogP contribution in [0.25, 0.3) is 0 Å². The number of fused-ring (bicyclic) bond motifs is 2. The highest BCUT2D eigenvalue weighted by Crippen LogP contribution is 2.65. The van der Waals surface area contributed by atoms with Crippen molar-refractivity contribution >= 4 is 18.6 Å². The number of carbonyl (C=O) groups excluding carboxylic acids is 1. The second-order valence-electron chi connectivity index (χ2n) is 11.5.